The van der Waals surface area contributed by atoms with Gasteiger partial charge in [0.15, 0.2) is 0 Å². The average molecular weight is 407 g/mol. The summed E-state index contributed by atoms with van der Waals surface area (Å²) in [5, 5.41) is 0. The molecular weight excluding hydrogens is 390 g/mol. The number of hydrogen-bond acceptors (Lipinski definition) is 8. The molecule has 0 aliphatic rings. The van der Waals surface area contributed by atoms with E-state index in [0.717, 1.165) is 20.3 Å². The minimum Gasteiger partial charge on any atom is -0.465 e. The molecule has 10 heteroatoms. The summed E-state index contributed by atoms with van der Waals surface area (Å²) < 4.78 is 41.4. The fourth-order valence-corrected chi connectivity index (χ4v) is 3.37. The molecule has 0 spiro atoms. The summed E-state index contributed by atoms with van der Waals surface area (Å²) in [6, 6.07) is 8.83. The van der Waals surface area contributed by atoms with Gasteiger partial charge in [-0.05, 0) is 36.4 Å². The first kappa shape index (κ1) is 20.9. The Bertz CT molecular complexity index is 995. The molecule has 0 aliphatic carbocycles. The van der Waals surface area contributed by atoms with E-state index in [2.05, 4.69) is 18.9 Å². The highest BCUT2D eigenvalue weighted by molar-refractivity contribution is 7.92. The van der Waals surface area contributed by atoms with E-state index in [4.69, 9.17) is 0 Å². The Hall–Kier alpha value is -3.40. The topological polar surface area (TPSA) is 125 Å². The number of anilines is 1. The molecule has 0 aliphatic heterocycles. The quantitative estimate of drug-likeness (QED) is 0.568. The molecule has 2 aromatic rings. The van der Waals surface area contributed by atoms with Crippen LogP contribution in [0, 0.1) is 0 Å². The largest absolute Gasteiger partial charge is 0.465 e. The molecule has 0 saturated heterocycles. The van der Waals surface area contributed by atoms with E-state index in [0.29, 0.717) is 0 Å². The van der Waals surface area contributed by atoms with Crippen molar-refractivity contribution in [3.8, 4) is 0 Å². The lowest BCUT2D eigenvalue weighted by Gasteiger charge is -2.11. The van der Waals surface area contributed by atoms with Gasteiger partial charge < -0.3 is 14.2 Å². The summed E-state index contributed by atoms with van der Waals surface area (Å²) in [6.07, 6.45) is 0. The molecular formula is C18H17NO8S. The SMILES string of the molecule is COC(=O)c1cc(NS(=O)(=O)c2cccc(C(=O)OC)c2)cc(C(=O)OC)c1. The Morgan fingerprint density at radius 1 is 0.750 bits per heavy atom. The van der Waals surface area contributed by atoms with Gasteiger partial charge >= 0.3 is 17.9 Å². The van der Waals surface area contributed by atoms with Gasteiger partial charge in [-0.2, -0.15) is 0 Å². The number of esters is 3. The van der Waals surface area contributed by atoms with Crippen molar-refractivity contribution in [3.05, 3.63) is 59.2 Å². The lowest BCUT2D eigenvalue weighted by Crippen LogP contribution is -2.15. The van der Waals surface area contributed by atoms with Crippen LogP contribution in [0.15, 0.2) is 47.4 Å². The maximum atomic E-state index is 12.7. The second-order valence-corrected chi connectivity index (χ2v) is 7.09. The zero-order valence-electron chi connectivity index (χ0n) is 15.2. The summed E-state index contributed by atoms with van der Waals surface area (Å²) in [5.41, 5.74) is -0.117. The third kappa shape index (κ3) is 4.65. The van der Waals surface area contributed by atoms with Crippen LogP contribution in [0.2, 0.25) is 0 Å². The van der Waals surface area contributed by atoms with Gasteiger partial charge in [0.2, 0.25) is 0 Å². The number of rotatable bonds is 6. The standard InChI is InChI=1S/C18H17NO8S/c1-25-16(20)11-5-4-6-15(10-11)28(23,24)19-14-8-12(17(21)26-2)7-13(9-14)18(22)27-3/h4-10,19H,1-3H3. The van der Waals surface area contributed by atoms with E-state index in [9.17, 15) is 22.8 Å². The number of hydrogen-bond donors (Lipinski definition) is 1. The highest BCUT2D eigenvalue weighted by Gasteiger charge is 2.20. The fourth-order valence-electron chi connectivity index (χ4n) is 2.28. The summed E-state index contributed by atoms with van der Waals surface area (Å²) in [5.74, 6) is -2.23. The minimum atomic E-state index is -4.14. The Kier molecular flexibility index (Phi) is 6.37. The Labute approximate surface area is 161 Å². The number of carbonyl (C=O) groups excluding carboxylic acids is 3. The number of nitrogens with one attached hydrogen (secondary N) is 1. The number of carbonyl (C=O) groups is 3. The summed E-state index contributed by atoms with van der Waals surface area (Å²) in [4.78, 5) is 35.0. The van der Waals surface area contributed by atoms with E-state index >= 15 is 0 Å². The Balaban J connectivity index is 2.47. The number of methoxy groups -OCH3 is 3. The van der Waals surface area contributed by atoms with Crippen molar-refractivity contribution < 1.29 is 37.0 Å². The second kappa shape index (κ2) is 8.53. The van der Waals surface area contributed by atoms with E-state index in [1.165, 1.54) is 43.5 Å². The third-order valence-electron chi connectivity index (χ3n) is 3.59. The van der Waals surface area contributed by atoms with Crippen molar-refractivity contribution in [1.82, 2.24) is 0 Å². The summed E-state index contributed by atoms with van der Waals surface area (Å²) in [6.45, 7) is 0. The third-order valence-corrected chi connectivity index (χ3v) is 4.97. The molecule has 0 saturated carbocycles. The molecule has 0 fully saturated rings. The van der Waals surface area contributed by atoms with Gasteiger partial charge in [-0.3, -0.25) is 4.72 Å². The molecule has 148 valence electrons. The molecule has 2 rings (SSSR count). The van der Waals surface area contributed by atoms with Gasteiger partial charge in [-0.15, -0.1) is 0 Å². The summed E-state index contributed by atoms with van der Waals surface area (Å²) in [7, 11) is -0.667. The van der Waals surface area contributed by atoms with Crippen molar-refractivity contribution >= 4 is 33.6 Å². The molecule has 0 aromatic heterocycles. The van der Waals surface area contributed by atoms with E-state index in [-0.39, 0.29) is 27.3 Å². The zero-order chi connectivity index (χ0) is 20.9. The fraction of sp³-hybridized carbons (Fsp3) is 0.167. The summed E-state index contributed by atoms with van der Waals surface area (Å²) >= 11 is 0. The molecule has 0 heterocycles. The normalized spacial score (nSPS) is 10.7. The highest BCUT2D eigenvalue weighted by atomic mass is 32.2. The van der Waals surface area contributed by atoms with Gasteiger partial charge in [0.05, 0.1) is 48.6 Å². The van der Waals surface area contributed by atoms with Crippen LogP contribution in [0.25, 0.3) is 0 Å². The van der Waals surface area contributed by atoms with Crippen LogP contribution in [0.4, 0.5) is 5.69 Å². The van der Waals surface area contributed by atoms with Crippen molar-refractivity contribution in [2.24, 2.45) is 0 Å². The predicted molar refractivity (Wildman–Crippen MR) is 97.7 cm³/mol. The predicted octanol–water partition coefficient (Wildman–Crippen LogP) is 1.85. The van der Waals surface area contributed by atoms with Crippen LogP contribution < -0.4 is 4.72 Å². The Morgan fingerprint density at radius 2 is 1.25 bits per heavy atom. The minimum absolute atomic E-state index is 0.0453. The van der Waals surface area contributed by atoms with Crippen LogP contribution in [-0.4, -0.2) is 47.7 Å². The maximum absolute atomic E-state index is 12.7. The van der Waals surface area contributed by atoms with E-state index in [1.807, 2.05) is 0 Å². The molecule has 9 nitrogen and oxygen atoms in total. The van der Waals surface area contributed by atoms with Crippen molar-refractivity contribution in [2.45, 2.75) is 4.90 Å². The lowest BCUT2D eigenvalue weighted by atomic mass is 10.1. The van der Waals surface area contributed by atoms with Crippen LogP contribution in [0.5, 0.6) is 0 Å². The van der Waals surface area contributed by atoms with Crippen LogP contribution >= 0.6 is 0 Å². The number of ether oxygens (including phenoxy) is 3. The van der Waals surface area contributed by atoms with Gasteiger partial charge in [-0.1, -0.05) is 6.07 Å². The van der Waals surface area contributed by atoms with Crippen LogP contribution in [0.3, 0.4) is 0 Å². The molecule has 0 amide bonds. The molecule has 0 bridgehead atoms. The molecule has 28 heavy (non-hydrogen) atoms. The smallest absolute Gasteiger partial charge is 0.337 e. The van der Waals surface area contributed by atoms with Gasteiger partial charge in [0.1, 0.15) is 0 Å². The van der Waals surface area contributed by atoms with Crippen molar-refractivity contribution in [2.75, 3.05) is 26.1 Å². The Morgan fingerprint density at radius 3 is 1.75 bits per heavy atom. The first-order valence-corrected chi connectivity index (χ1v) is 9.23. The van der Waals surface area contributed by atoms with Crippen molar-refractivity contribution in [3.63, 3.8) is 0 Å². The molecule has 0 radical (unpaired) electrons. The van der Waals surface area contributed by atoms with E-state index in [1.54, 1.807) is 0 Å². The van der Waals surface area contributed by atoms with Gasteiger partial charge in [-0.25, -0.2) is 22.8 Å². The van der Waals surface area contributed by atoms with Crippen molar-refractivity contribution in [1.29, 1.82) is 0 Å². The molecule has 0 unspecified atom stereocenters. The molecule has 0 atom stereocenters. The zero-order valence-corrected chi connectivity index (χ0v) is 16.0. The maximum Gasteiger partial charge on any atom is 0.337 e. The molecule has 1 N–H and O–H groups in total. The number of benzene rings is 2. The average Bonchev–Trinajstić information content (AvgIpc) is 2.71. The first-order chi connectivity index (χ1) is 13.2. The highest BCUT2D eigenvalue weighted by Crippen LogP contribution is 2.21. The lowest BCUT2D eigenvalue weighted by molar-refractivity contribution is 0.0587. The van der Waals surface area contributed by atoms with Crippen LogP contribution in [0.1, 0.15) is 31.1 Å². The van der Waals surface area contributed by atoms with Gasteiger partial charge in [0.25, 0.3) is 10.0 Å². The first-order valence-electron chi connectivity index (χ1n) is 7.74. The number of sulfonamides is 1. The monoisotopic (exact) mass is 407 g/mol. The second-order valence-electron chi connectivity index (χ2n) is 5.41. The van der Waals surface area contributed by atoms with E-state index < -0.39 is 27.9 Å². The van der Waals surface area contributed by atoms with Gasteiger partial charge in [0, 0.05) is 0 Å². The van der Waals surface area contributed by atoms with Crippen LogP contribution in [-0.2, 0) is 24.2 Å². The molecule has 2 aromatic carbocycles.